The number of aromatic amines is 1. The number of hydrogen-bond donors (Lipinski definition) is 3. The normalized spacial score (nSPS) is 12.9. The Morgan fingerprint density at radius 1 is 1.22 bits per heavy atom. The van der Waals surface area contributed by atoms with Crippen molar-refractivity contribution < 1.29 is 9.18 Å². The van der Waals surface area contributed by atoms with Crippen LogP contribution in [-0.4, -0.2) is 23.2 Å². The third-order valence-corrected chi connectivity index (χ3v) is 5.01. The standard InChI is InChI=1S/C17H14FN3OS/c18-10-3-4-12-16-14(17(22)21-12)9(11-2-1-6-20-11)8-13(15(10)16)23-7-5-19/h1-4,6,8,20H,5,7,19H2,(H,21,22). The monoisotopic (exact) mass is 327 g/mol. The molecule has 1 aliphatic heterocycles. The highest BCUT2D eigenvalue weighted by Gasteiger charge is 2.29. The van der Waals surface area contributed by atoms with Gasteiger partial charge in [-0.05, 0) is 30.3 Å². The van der Waals surface area contributed by atoms with E-state index in [1.165, 1.54) is 17.8 Å². The molecule has 2 aromatic carbocycles. The predicted molar refractivity (Wildman–Crippen MR) is 91.4 cm³/mol. The fourth-order valence-electron chi connectivity index (χ4n) is 3.01. The number of carbonyl (C=O) groups excluding carboxylic acids is 1. The van der Waals surface area contributed by atoms with Crippen molar-refractivity contribution >= 4 is 34.1 Å². The van der Waals surface area contributed by atoms with Gasteiger partial charge in [-0.3, -0.25) is 4.79 Å². The summed E-state index contributed by atoms with van der Waals surface area (Å²) in [5.41, 5.74) is 8.40. The van der Waals surface area contributed by atoms with Crippen LogP contribution in [0.2, 0.25) is 0 Å². The summed E-state index contributed by atoms with van der Waals surface area (Å²) >= 11 is 1.50. The van der Waals surface area contributed by atoms with Crippen molar-refractivity contribution in [2.45, 2.75) is 4.90 Å². The molecule has 0 saturated carbocycles. The Labute approximate surface area is 136 Å². The number of hydrogen-bond acceptors (Lipinski definition) is 3. The fraction of sp³-hybridized carbons (Fsp3) is 0.118. The average Bonchev–Trinajstić information content (AvgIpc) is 3.18. The van der Waals surface area contributed by atoms with E-state index in [1.807, 2.05) is 18.2 Å². The lowest BCUT2D eigenvalue weighted by Crippen LogP contribution is -2.06. The summed E-state index contributed by atoms with van der Waals surface area (Å²) in [5, 5.41) is 3.98. The van der Waals surface area contributed by atoms with Crippen LogP contribution in [0.15, 0.2) is 41.4 Å². The van der Waals surface area contributed by atoms with E-state index in [2.05, 4.69) is 10.3 Å². The molecule has 0 bridgehead atoms. The number of H-pyrrole nitrogens is 1. The van der Waals surface area contributed by atoms with E-state index < -0.39 is 0 Å². The summed E-state index contributed by atoms with van der Waals surface area (Å²) in [5.74, 6) is 0.165. The van der Waals surface area contributed by atoms with Gasteiger partial charge in [0.1, 0.15) is 5.82 Å². The molecule has 0 saturated heterocycles. The van der Waals surface area contributed by atoms with Gasteiger partial charge in [0.2, 0.25) is 0 Å². The van der Waals surface area contributed by atoms with Gasteiger partial charge < -0.3 is 16.0 Å². The van der Waals surface area contributed by atoms with Crippen LogP contribution in [0.3, 0.4) is 0 Å². The van der Waals surface area contributed by atoms with E-state index in [0.29, 0.717) is 34.3 Å². The summed E-state index contributed by atoms with van der Waals surface area (Å²) < 4.78 is 14.5. The first-order valence-electron chi connectivity index (χ1n) is 7.28. The largest absolute Gasteiger partial charge is 0.361 e. The number of thioether (sulfide) groups is 1. The number of anilines is 1. The quantitative estimate of drug-likeness (QED) is 0.641. The third kappa shape index (κ3) is 2.14. The summed E-state index contributed by atoms with van der Waals surface area (Å²) in [6.07, 6.45) is 1.80. The van der Waals surface area contributed by atoms with Gasteiger partial charge in [-0.25, -0.2) is 4.39 Å². The van der Waals surface area contributed by atoms with Crippen LogP contribution in [0.1, 0.15) is 10.4 Å². The molecular formula is C17H14FN3OS. The van der Waals surface area contributed by atoms with Crippen molar-refractivity contribution in [3.8, 4) is 11.3 Å². The van der Waals surface area contributed by atoms with Crippen molar-refractivity contribution in [1.82, 2.24) is 4.98 Å². The first-order chi connectivity index (χ1) is 11.2. The second-order valence-corrected chi connectivity index (χ2v) is 6.45. The summed E-state index contributed by atoms with van der Waals surface area (Å²) in [6, 6.07) is 8.66. The highest BCUT2D eigenvalue weighted by molar-refractivity contribution is 7.99. The number of aromatic nitrogens is 1. The molecule has 0 fully saturated rings. The number of benzene rings is 2. The molecule has 1 aliphatic rings. The van der Waals surface area contributed by atoms with Crippen molar-refractivity contribution in [1.29, 1.82) is 0 Å². The van der Waals surface area contributed by atoms with Crippen LogP contribution < -0.4 is 11.1 Å². The van der Waals surface area contributed by atoms with Gasteiger partial charge in [0.15, 0.2) is 0 Å². The second-order valence-electron chi connectivity index (χ2n) is 5.32. The molecule has 4 rings (SSSR count). The highest BCUT2D eigenvalue weighted by Crippen LogP contribution is 2.44. The molecule has 116 valence electrons. The first kappa shape index (κ1) is 14.3. The summed E-state index contributed by atoms with van der Waals surface area (Å²) in [4.78, 5) is 16.4. The number of nitrogens with two attached hydrogens (primary N) is 1. The van der Waals surface area contributed by atoms with E-state index in [1.54, 1.807) is 12.3 Å². The molecule has 1 aromatic heterocycles. The van der Waals surface area contributed by atoms with Crippen LogP contribution in [0.25, 0.3) is 22.0 Å². The third-order valence-electron chi connectivity index (χ3n) is 3.93. The topological polar surface area (TPSA) is 70.9 Å². The highest BCUT2D eigenvalue weighted by atomic mass is 32.2. The number of halogens is 1. The molecule has 6 heteroatoms. The Balaban J connectivity index is 2.09. The van der Waals surface area contributed by atoms with Crippen LogP contribution in [-0.2, 0) is 0 Å². The number of rotatable bonds is 4. The Hall–Kier alpha value is -2.31. The molecule has 0 unspecified atom stereocenters. The first-order valence-corrected chi connectivity index (χ1v) is 8.26. The Morgan fingerprint density at radius 2 is 2.09 bits per heavy atom. The van der Waals surface area contributed by atoms with E-state index >= 15 is 0 Å². The van der Waals surface area contributed by atoms with Gasteiger partial charge in [-0.2, -0.15) is 0 Å². The van der Waals surface area contributed by atoms with Crippen molar-refractivity contribution in [2.24, 2.45) is 5.73 Å². The zero-order valence-electron chi connectivity index (χ0n) is 12.2. The van der Waals surface area contributed by atoms with Crippen LogP contribution >= 0.6 is 11.8 Å². The predicted octanol–water partition coefficient (Wildman–Crippen LogP) is 3.59. The minimum atomic E-state index is -0.320. The van der Waals surface area contributed by atoms with Gasteiger partial charge in [-0.1, -0.05) is 0 Å². The van der Waals surface area contributed by atoms with Crippen molar-refractivity contribution in [2.75, 3.05) is 17.6 Å². The minimum Gasteiger partial charge on any atom is -0.361 e. The zero-order valence-corrected chi connectivity index (χ0v) is 13.0. The maximum absolute atomic E-state index is 14.5. The van der Waals surface area contributed by atoms with Gasteiger partial charge in [-0.15, -0.1) is 11.8 Å². The molecule has 3 aromatic rings. The van der Waals surface area contributed by atoms with Crippen molar-refractivity contribution in [3.63, 3.8) is 0 Å². The van der Waals surface area contributed by atoms with Crippen LogP contribution in [0, 0.1) is 5.82 Å². The average molecular weight is 327 g/mol. The van der Waals surface area contributed by atoms with Crippen molar-refractivity contribution in [3.05, 3.63) is 47.9 Å². The summed E-state index contributed by atoms with van der Waals surface area (Å²) in [7, 11) is 0. The molecule has 0 spiro atoms. The lowest BCUT2D eigenvalue weighted by molar-refractivity contribution is 0.103. The number of carbonyl (C=O) groups is 1. The van der Waals surface area contributed by atoms with E-state index in [4.69, 9.17) is 5.73 Å². The molecule has 1 amide bonds. The molecule has 4 nitrogen and oxygen atoms in total. The Kier molecular flexibility index (Phi) is 3.36. The maximum Gasteiger partial charge on any atom is 0.257 e. The zero-order chi connectivity index (χ0) is 16.0. The van der Waals surface area contributed by atoms with Gasteiger partial charge >= 0.3 is 0 Å². The Bertz CT molecular complexity index is 921. The van der Waals surface area contributed by atoms with E-state index in [9.17, 15) is 9.18 Å². The molecular weight excluding hydrogens is 313 g/mol. The maximum atomic E-state index is 14.5. The molecule has 0 aliphatic carbocycles. The second kappa shape index (κ2) is 5.40. The van der Waals surface area contributed by atoms with E-state index in [0.717, 1.165) is 16.2 Å². The Morgan fingerprint density at radius 3 is 2.83 bits per heavy atom. The molecule has 23 heavy (non-hydrogen) atoms. The molecule has 2 heterocycles. The van der Waals surface area contributed by atoms with Gasteiger partial charge in [0, 0.05) is 51.1 Å². The molecule has 0 atom stereocenters. The van der Waals surface area contributed by atoms with Gasteiger partial charge in [0.25, 0.3) is 5.91 Å². The minimum absolute atomic E-state index is 0.199. The lowest BCUT2D eigenvalue weighted by atomic mass is 9.97. The number of amides is 1. The molecule has 4 N–H and O–H groups in total. The molecule has 0 radical (unpaired) electrons. The summed E-state index contributed by atoms with van der Waals surface area (Å²) in [6.45, 7) is 0.504. The lowest BCUT2D eigenvalue weighted by Gasteiger charge is -2.12. The SMILES string of the molecule is NCCSc1cc(-c2ccc[nH]2)c2c3c(ccc(F)c13)NC2=O. The smallest absolute Gasteiger partial charge is 0.257 e. The van der Waals surface area contributed by atoms with Crippen LogP contribution in [0.4, 0.5) is 10.1 Å². The number of nitrogens with one attached hydrogen (secondary N) is 2. The fourth-order valence-corrected chi connectivity index (χ4v) is 3.89. The van der Waals surface area contributed by atoms with Gasteiger partial charge in [0.05, 0.1) is 5.56 Å². The van der Waals surface area contributed by atoms with Crippen LogP contribution in [0.5, 0.6) is 0 Å². The van der Waals surface area contributed by atoms with E-state index in [-0.39, 0.29) is 11.7 Å².